The Kier molecular flexibility index (Phi) is 4.29. The summed E-state index contributed by atoms with van der Waals surface area (Å²) in [5.41, 5.74) is 7.47. The van der Waals surface area contributed by atoms with Gasteiger partial charge in [-0.3, -0.25) is 0 Å². The van der Waals surface area contributed by atoms with Crippen LogP contribution in [0.4, 0.5) is 10.1 Å². The van der Waals surface area contributed by atoms with Crippen molar-refractivity contribution in [3.8, 4) is 0 Å². The number of hydrogen-bond acceptors (Lipinski definition) is 3. The lowest BCUT2D eigenvalue weighted by atomic mass is 10.2. The zero-order valence-corrected chi connectivity index (χ0v) is 12.7. The molecule has 0 heterocycles. The molecule has 0 atom stereocenters. The molecule has 0 aliphatic heterocycles. The Hall–Kier alpha value is -1.92. The van der Waals surface area contributed by atoms with Crippen molar-refractivity contribution in [3.05, 3.63) is 59.4 Å². The molecule has 0 amide bonds. The summed E-state index contributed by atoms with van der Waals surface area (Å²) in [6.45, 7) is 1.73. The van der Waals surface area contributed by atoms with E-state index in [4.69, 9.17) is 5.73 Å². The van der Waals surface area contributed by atoms with E-state index in [9.17, 15) is 12.8 Å². The second-order valence-electron chi connectivity index (χ2n) is 4.87. The lowest BCUT2D eigenvalue weighted by Gasteiger charge is -2.19. The SMILES string of the molecule is Cc1cc(F)ccc1S(=O)(=O)N(C)Cc1ccccc1N. The summed E-state index contributed by atoms with van der Waals surface area (Å²) >= 11 is 0. The highest BCUT2D eigenvalue weighted by Crippen LogP contribution is 2.22. The molecular weight excluding hydrogens is 291 g/mol. The van der Waals surface area contributed by atoms with Gasteiger partial charge < -0.3 is 5.73 Å². The van der Waals surface area contributed by atoms with Crippen molar-refractivity contribution < 1.29 is 12.8 Å². The van der Waals surface area contributed by atoms with Gasteiger partial charge in [0.15, 0.2) is 0 Å². The predicted molar refractivity (Wildman–Crippen MR) is 80.6 cm³/mol. The minimum atomic E-state index is -3.69. The van der Waals surface area contributed by atoms with Crippen LogP contribution in [0.1, 0.15) is 11.1 Å². The predicted octanol–water partition coefficient (Wildman–Crippen LogP) is 2.54. The van der Waals surface area contributed by atoms with Gasteiger partial charge in [0.05, 0.1) is 4.90 Å². The Morgan fingerprint density at radius 1 is 1.19 bits per heavy atom. The van der Waals surface area contributed by atoms with Crippen LogP contribution in [0.15, 0.2) is 47.4 Å². The number of nitrogen functional groups attached to an aromatic ring is 1. The Balaban J connectivity index is 2.33. The molecule has 2 N–H and O–H groups in total. The smallest absolute Gasteiger partial charge is 0.243 e. The minimum Gasteiger partial charge on any atom is -0.398 e. The van der Waals surface area contributed by atoms with Crippen LogP contribution < -0.4 is 5.73 Å². The average Bonchev–Trinajstić information content (AvgIpc) is 2.40. The van der Waals surface area contributed by atoms with Crippen molar-refractivity contribution in [2.45, 2.75) is 18.4 Å². The first-order chi connectivity index (χ1) is 9.82. The fourth-order valence-corrected chi connectivity index (χ4v) is 3.42. The van der Waals surface area contributed by atoms with E-state index in [1.165, 1.54) is 23.5 Å². The average molecular weight is 308 g/mol. The lowest BCUT2D eigenvalue weighted by Crippen LogP contribution is -2.27. The molecule has 0 unspecified atom stereocenters. The first-order valence-electron chi connectivity index (χ1n) is 6.38. The largest absolute Gasteiger partial charge is 0.398 e. The normalized spacial score (nSPS) is 11.8. The highest BCUT2D eigenvalue weighted by Gasteiger charge is 2.23. The molecule has 0 bridgehead atoms. The van der Waals surface area contributed by atoms with Gasteiger partial charge in [-0.1, -0.05) is 18.2 Å². The van der Waals surface area contributed by atoms with Crippen LogP contribution in [0.2, 0.25) is 0 Å². The van der Waals surface area contributed by atoms with Crippen LogP contribution in [0.5, 0.6) is 0 Å². The van der Waals surface area contributed by atoms with Crippen LogP contribution in [-0.4, -0.2) is 19.8 Å². The standard InChI is InChI=1S/C15H17FN2O2S/c1-11-9-13(16)7-8-15(11)21(19,20)18(2)10-12-5-3-4-6-14(12)17/h3-9H,10,17H2,1-2H3. The van der Waals surface area contributed by atoms with E-state index in [0.29, 0.717) is 11.3 Å². The van der Waals surface area contributed by atoms with Crippen molar-refractivity contribution in [2.24, 2.45) is 0 Å². The number of para-hydroxylation sites is 1. The summed E-state index contributed by atoms with van der Waals surface area (Å²) in [4.78, 5) is 0.0981. The molecule has 2 rings (SSSR count). The van der Waals surface area contributed by atoms with E-state index in [1.54, 1.807) is 31.2 Å². The molecule has 0 fully saturated rings. The fraction of sp³-hybridized carbons (Fsp3) is 0.200. The van der Waals surface area contributed by atoms with Crippen LogP contribution in [0.25, 0.3) is 0 Å². The summed E-state index contributed by atoms with van der Waals surface area (Å²) < 4.78 is 39.4. The summed E-state index contributed by atoms with van der Waals surface area (Å²) in [5.74, 6) is -0.457. The van der Waals surface area contributed by atoms with E-state index in [0.717, 1.165) is 11.6 Å². The third-order valence-electron chi connectivity index (χ3n) is 3.27. The summed E-state index contributed by atoms with van der Waals surface area (Å²) in [6.07, 6.45) is 0. The molecule has 2 aromatic rings. The molecule has 0 saturated heterocycles. The lowest BCUT2D eigenvalue weighted by molar-refractivity contribution is 0.466. The molecule has 4 nitrogen and oxygen atoms in total. The minimum absolute atomic E-state index is 0.0981. The van der Waals surface area contributed by atoms with Crippen molar-refractivity contribution in [3.63, 3.8) is 0 Å². The number of rotatable bonds is 4. The number of anilines is 1. The maximum absolute atomic E-state index is 13.1. The molecule has 0 aliphatic rings. The molecule has 0 radical (unpaired) electrons. The van der Waals surface area contributed by atoms with Gasteiger partial charge in [-0.15, -0.1) is 0 Å². The Bertz CT molecular complexity index is 760. The molecule has 2 aromatic carbocycles. The highest BCUT2D eigenvalue weighted by molar-refractivity contribution is 7.89. The number of aryl methyl sites for hydroxylation is 1. The fourth-order valence-electron chi connectivity index (χ4n) is 2.07. The Morgan fingerprint density at radius 2 is 1.86 bits per heavy atom. The quantitative estimate of drug-likeness (QED) is 0.883. The van der Waals surface area contributed by atoms with Crippen LogP contribution in [-0.2, 0) is 16.6 Å². The number of nitrogens with two attached hydrogens (primary N) is 1. The van der Waals surface area contributed by atoms with Crippen molar-refractivity contribution >= 4 is 15.7 Å². The van der Waals surface area contributed by atoms with Crippen molar-refractivity contribution in [1.29, 1.82) is 0 Å². The van der Waals surface area contributed by atoms with Crippen LogP contribution >= 0.6 is 0 Å². The van der Waals surface area contributed by atoms with Gasteiger partial charge in [0.25, 0.3) is 0 Å². The van der Waals surface area contributed by atoms with E-state index in [1.807, 2.05) is 0 Å². The molecule has 0 saturated carbocycles. The molecular formula is C15H17FN2O2S. The van der Waals surface area contributed by atoms with E-state index >= 15 is 0 Å². The van der Waals surface area contributed by atoms with Gasteiger partial charge in [0, 0.05) is 19.3 Å². The number of sulfonamides is 1. The molecule has 0 aliphatic carbocycles. The van der Waals surface area contributed by atoms with Gasteiger partial charge in [0.2, 0.25) is 10.0 Å². The molecule has 0 spiro atoms. The van der Waals surface area contributed by atoms with Gasteiger partial charge in [-0.2, -0.15) is 4.31 Å². The van der Waals surface area contributed by atoms with Crippen LogP contribution in [0.3, 0.4) is 0 Å². The summed E-state index contributed by atoms with van der Waals surface area (Å²) in [6, 6.07) is 10.7. The van der Waals surface area contributed by atoms with Gasteiger partial charge in [-0.25, -0.2) is 12.8 Å². The molecule has 112 valence electrons. The number of halogens is 1. The number of hydrogen-bond donors (Lipinski definition) is 1. The third kappa shape index (κ3) is 3.22. The number of nitrogens with zero attached hydrogens (tertiary/aromatic N) is 1. The highest BCUT2D eigenvalue weighted by atomic mass is 32.2. The first kappa shape index (κ1) is 15.5. The monoisotopic (exact) mass is 308 g/mol. The third-order valence-corrected chi connectivity index (χ3v) is 5.24. The molecule has 21 heavy (non-hydrogen) atoms. The maximum atomic E-state index is 13.1. The summed E-state index contributed by atoms with van der Waals surface area (Å²) in [5, 5.41) is 0. The second-order valence-corrected chi connectivity index (χ2v) is 6.88. The molecule has 0 aromatic heterocycles. The van der Waals surface area contributed by atoms with E-state index in [-0.39, 0.29) is 11.4 Å². The first-order valence-corrected chi connectivity index (χ1v) is 7.82. The van der Waals surface area contributed by atoms with Crippen LogP contribution in [0, 0.1) is 12.7 Å². The Labute approximate surface area is 124 Å². The van der Waals surface area contributed by atoms with E-state index in [2.05, 4.69) is 0 Å². The van der Waals surface area contributed by atoms with Gasteiger partial charge in [0.1, 0.15) is 5.82 Å². The zero-order valence-electron chi connectivity index (χ0n) is 11.9. The van der Waals surface area contributed by atoms with Crippen molar-refractivity contribution in [2.75, 3.05) is 12.8 Å². The van der Waals surface area contributed by atoms with Gasteiger partial charge in [-0.05, 0) is 42.3 Å². The van der Waals surface area contributed by atoms with Crippen molar-refractivity contribution in [1.82, 2.24) is 4.31 Å². The molecule has 6 heteroatoms. The van der Waals surface area contributed by atoms with Gasteiger partial charge >= 0.3 is 0 Å². The number of benzene rings is 2. The summed E-state index contributed by atoms with van der Waals surface area (Å²) in [7, 11) is -2.21. The Morgan fingerprint density at radius 3 is 2.48 bits per heavy atom. The zero-order chi connectivity index (χ0) is 15.6. The topological polar surface area (TPSA) is 63.4 Å². The van der Waals surface area contributed by atoms with E-state index < -0.39 is 15.8 Å². The maximum Gasteiger partial charge on any atom is 0.243 e. The second kappa shape index (κ2) is 5.83.